The van der Waals surface area contributed by atoms with E-state index in [0.717, 1.165) is 0 Å². The Labute approximate surface area is 173 Å². The molecule has 30 heavy (non-hydrogen) atoms. The van der Waals surface area contributed by atoms with Gasteiger partial charge in [0.15, 0.2) is 0 Å². The van der Waals surface area contributed by atoms with Gasteiger partial charge in [-0.3, -0.25) is 9.52 Å². The zero-order valence-electron chi connectivity index (χ0n) is 16.2. The van der Waals surface area contributed by atoms with Crippen LogP contribution in [0.5, 0.6) is 0 Å². The van der Waals surface area contributed by atoms with Crippen molar-refractivity contribution in [2.75, 3.05) is 10.0 Å². The van der Waals surface area contributed by atoms with Gasteiger partial charge in [-0.15, -0.1) is 0 Å². The maximum atomic E-state index is 12.8. The lowest BCUT2D eigenvalue weighted by Gasteiger charge is -2.10. The van der Waals surface area contributed by atoms with Crippen LogP contribution in [0.15, 0.2) is 70.1 Å². The monoisotopic (exact) mass is 422 g/mol. The molecule has 2 N–H and O–H groups in total. The molecule has 0 aliphatic rings. The summed E-state index contributed by atoms with van der Waals surface area (Å²) in [6.45, 7) is 3.49. The van der Waals surface area contributed by atoms with Crippen molar-refractivity contribution in [2.45, 2.75) is 18.7 Å². The molecule has 9 heteroatoms. The number of para-hydroxylation sites is 1. The van der Waals surface area contributed by atoms with Crippen LogP contribution in [0, 0.1) is 13.8 Å². The first-order chi connectivity index (χ1) is 14.3. The van der Waals surface area contributed by atoms with Crippen LogP contribution in [0.3, 0.4) is 0 Å². The summed E-state index contributed by atoms with van der Waals surface area (Å²) in [5.41, 5.74) is 2.80. The van der Waals surface area contributed by atoms with Gasteiger partial charge in [-0.2, -0.15) is 0 Å². The average Bonchev–Trinajstić information content (AvgIpc) is 3.08. The number of aryl methyl sites for hydroxylation is 2. The number of rotatable bonds is 5. The maximum absolute atomic E-state index is 12.8. The topological polar surface area (TPSA) is 114 Å². The summed E-state index contributed by atoms with van der Waals surface area (Å²) in [6, 6.07) is 16.2. The molecule has 0 saturated carbocycles. The highest BCUT2D eigenvalue weighted by atomic mass is 32.2. The van der Waals surface area contributed by atoms with Gasteiger partial charge in [0.1, 0.15) is 0 Å². The summed E-state index contributed by atoms with van der Waals surface area (Å²) in [7, 11) is -3.73. The van der Waals surface area contributed by atoms with Gasteiger partial charge in [-0.25, -0.2) is 13.4 Å². The van der Waals surface area contributed by atoms with Crippen molar-refractivity contribution >= 4 is 38.4 Å². The van der Waals surface area contributed by atoms with Crippen molar-refractivity contribution in [3.05, 3.63) is 77.6 Å². The Hall–Kier alpha value is -3.72. The molecule has 0 aliphatic heterocycles. The van der Waals surface area contributed by atoms with Crippen molar-refractivity contribution in [3.8, 4) is 0 Å². The van der Waals surface area contributed by atoms with E-state index in [0.29, 0.717) is 39.4 Å². The fourth-order valence-electron chi connectivity index (χ4n) is 3.03. The quantitative estimate of drug-likeness (QED) is 0.504. The van der Waals surface area contributed by atoms with Crippen LogP contribution in [-0.2, 0) is 10.0 Å². The maximum Gasteiger partial charge on any atom is 0.261 e. The summed E-state index contributed by atoms with van der Waals surface area (Å²) < 4.78 is 32.7. The number of carbonyl (C=O) groups is 1. The standard InChI is InChI=1S/C21H18N4O4S/c1-13-12-18(19-14(2)24-29-21(19)22-13)20(26)23-15-8-10-17(11-9-15)30(27,28)25-16-6-4-3-5-7-16/h3-12,25H,1-2H3,(H,23,26). The molecule has 152 valence electrons. The number of nitrogens with zero attached hydrogens (tertiary/aromatic N) is 2. The summed E-state index contributed by atoms with van der Waals surface area (Å²) in [6.07, 6.45) is 0. The largest absolute Gasteiger partial charge is 0.336 e. The molecule has 8 nitrogen and oxygen atoms in total. The highest BCUT2D eigenvalue weighted by Gasteiger charge is 2.19. The number of pyridine rings is 1. The van der Waals surface area contributed by atoms with E-state index in [1.165, 1.54) is 24.3 Å². The number of carbonyl (C=O) groups excluding carboxylic acids is 1. The molecule has 0 radical (unpaired) electrons. The smallest absolute Gasteiger partial charge is 0.261 e. The molecular weight excluding hydrogens is 404 g/mol. The van der Waals surface area contributed by atoms with Gasteiger partial charge in [0.2, 0.25) is 0 Å². The molecule has 0 saturated heterocycles. The lowest BCUT2D eigenvalue weighted by molar-refractivity contribution is 0.102. The first-order valence-corrected chi connectivity index (χ1v) is 10.5. The molecule has 4 rings (SSSR count). The van der Waals surface area contributed by atoms with E-state index in [1.807, 2.05) is 0 Å². The normalized spacial score (nSPS) is 11.4. The van der Waals surface area contributed by atoms with Crippen molar-refractivity contribution in [1.29, 1.82) is 0 Å². The highest BCUT2D eigenvalue weighted by molar-refractivity contribution is 7.92. The number of nitrogens with one attached hydrogen (secondary N) is 2. The number of anilines is 2. The zero-order valence-corrected chi connectivity index (χ0v) is 17.0. The van der Waals surface area contributed by atoms with Gasteiger partial charge in [0.25, 0.3) is 21.6 Å². The van der Waals surface area contributed by atoms with E-state index in [-0.39, 0.29) is 10.8 Å². The Morgan fingerprint density at radius 1 is 0.967 bits per heavy atom. The first kappa shape index (κ1) is 19.6. The van der Waals surface area contributed by atoms with Crippen LogP contribution in [0.4, 0.5) is 11.4 Å². The second-order valence-electron chi connectivity index (χ2n) is 6.71. The number of aromatic nitrogens is 2. The third kappa shape index (κ3) is 3.87. The SMILES string of the molecule is Cc1cc(C(=O)Nc2ccc(S(=O)(=O)Nc3ccccc3)cc2)c2c(C)noc2n1. The van der Waals surface area contributed by atoms with Gasteiger partial charge in [0, 0.05) is 17.1 Å². The number of hydrogen-bond donors (Lipinski definition) is 2. The predicted molar refractivity (Wildman–Crippen MR) is 113 cm³/mol. The molecule has 0 atom stereocenters. The van der Waals surface area contributed by atoms with E-state index in [4.69, 9.17) is 4.52 Å². The first-order valence-electron chi connectivity index (χ1n) is 9.06. The number of fused-ring (bicyclic) bond motifs is 1. The van der Waals surface area contributed by atoms with Crippen LogP contribution in [-0.4, -0.2) is 24.5 Å². The van der Waals surface area contributed by atoms with E-state index < -0.39 is 10.0 Å². The Kier molecular flexibility index (Phi) is 4.96. The lowest BCUT2D eigenvalue weighted by Crippen LogP contribution is -2.14. The fraction of sp³-hybridized carbons (Fsp3) is 0.0952. The van der Waals surface area contributed by atoms with E-state index in [9.17, 15) is 13.2 Å². The number of benzene rings is 2. The van der Waals surface area contributed by atoms with Crippen molar-refractivity contribution < 1.29 is 17.7 Å². The molecule has 0 aliphatic carbocycles. The molecule has 1 amide bonds. The number of amides is 1. The average molecular weight is 422 g/mol. The van der Waals surface area contributed by atoms with Crippen molar-refractivity contribution in [3.63, 3.8) is 0 Å². The second-order valence-corrected chi connectivity index (χ2v) is 8.39. The number of hydrogen-bond acceptors (Lipinski definition) is 6. The van der Waals surface area contributed by atoms with Gasteiger partial charge in [0.05, 0.1) is 21.5 Å². The minimum atomic E-state index is -3.73. The fourth-order valence-corrected chi connectivity index (χ4v) is 4.09. The van der Waals surface area contributed by atoms with Gasteiger partial charge >= 0.3 is 0 Å². The van der Waals surface area contributed by atoms with Gasteiger partial charge in [-0.05, 0) is 56.3 Å². The van der Waals surface area contributed by atoms with Crippen LogP contribution in [0.2, 0.25) is 0 Å². The van der Waals surface area contributed by atoms with Crippen LogP contribution >= 0.6 is 0 Å². The molecule has 2 aromatic carbocycles. The molecular formula is C21H18N4O4S. The van der Waals surface area contributed by atoms with Crippen LogP contribution in [0.25, 0.3) is 11.1 Å². The van der Waals surface area contributed by atoms with Crippen LogP contribution < -0.4 is 10.0 Å². The second kappa shape index (κ2) is 7.60. The summed E-state index contributed by atoms with van der Waals surface area (Å²) in [4.78, 5) is 17.1. The minimum Gasteiger partial charge on any atom is -0.336 e. The highest BCUT2D eigenvalue weighted by Crippen LogP contribution is 2.24. The summed E-state index contributed by atoms with van der Waals surface area (Å²) in [5.74, 6) is -0.366. The molecule has 0 fully saturated rings. The molecule has 2 aromatic heterocycles. The summed E-state index contributed by atoms with van der Waals surface area (Å²) in [5, 5.41) is 7.19. The van der Waals surface area contributed by atoms with E-state index in [2.05, 4.69) is 20.2 Å². The molecule has 0 bridgehead atoms. The molecule has 4 aromatic rings. The molecule has 0 spiro atoms. The van der Waals surface area contributed by atoms with E-state index >= 15 is 0 Å². The Balaban J connectivity index is 1.56. The van der Waals surface area contributed by atoms with Crippen molar-refractivity contribution in [2.24, 2.45) is 0 Å². The molecule has 2 heterocycles. The lowest BCUT2D eigenvalue weighted by atomic mass is 10.1. The predicted octanol–water partition coefficient (Wildman–Crippen LogP) is 3.89. The summed E-state index contributed by atoms with van der Waals surface area (Å²) >= 11 is 0. The van der Waals surface area contributed by atoms with Crippen molar-refractivity contribution in [1.82, 2.24) is 10.1 Å². The van der Waals surface area contributed by atoms with Crippen LogP contribution in [0.1, 0.15) is 21.7 Å². The Morgan fingerprint density at radius 3 is 2.37 bits per heavy atom. The minimum absolute atomic E-state index is 0.0846. The Bertz CT molecular complexity index is 1330. The third-order valence-corrected chi connectivity index (χ3v) is 5.84. The zero-order chi connectivity index (χ0) is 21.3. The third-order valence-electron chi connectivity index (χ3n) is 4.44. The van der Waals surface area contributed by atoms with Gasteiger partial charge < -0.3 is 9.84 Å². The van der Waals surface area contributed by atoms with E-state index in [1.54, 1.807) is 50.2 Å². The Morgan fingerprint density at radius 2 is 1.67 bits per heavy atom. The van der Waals surface area contributed by atoms with Gasteiger partial charge in [-0.1, -0.05) is 23.4 Å². The molecule has 0 unspecified atom stereocenters. The number of sulfonamides is 1.